The molecule has 0 saturated carbocycles. The summed E-state index contributed by atoms with van der Waals surface area (Å²) in [6.07, 6.45) is 4.14. The Morgan fingerprint density at radius 1 is 1.06 bits per heavy atom. The molecule has 3 heterocycles. The van der Waals surface area contributed by atoms with Crippen molar-refractivity contribution in [2.24, 2.45) is 4.99 Å². The zero-order chi connectivity index (χ0) is 21.6. The molecule has 2 fully saturated rings. The van der Waals surface area contributed by atoms with Crippen LogP contribution >= 0.6 is 24.0 Å². The average Bonchev–Trinajstić information content (AvgIpc) is 3.36. The van der Waals surface area contributed by atoms with Gasteiger partial charge in [-0.3, -0.25) is 14.7 Å². The van der Waals surface area contributed by atoms with E-state index in [1.807, 2.05) is 29.3 Å². The van der Waals surface area contributed by atoms with Crippen LogP contribution in [0.5, 0.6) is 0 Å². The van der Waals surface area contributed by atoms with Crippen LogP contribution in [0.15, 0.2) is 41.5 Å². The number of nitrogens with zero attached hydrogens (tertiary/aromatic N) is 5. The van der Waals surface area contributed by atoms with Gasteiger partial charge in [0.05, 0.1) is 18.1 Å². The molecule has 1 unspecified atom stereocenters. The van der Waals surface area contributed by atoms with Crippen LogP contribution in [0.2, 0.25) is 0 Å². The number of carbonyl (C=O) groups excluding carboxylic acids is 1. The Bertz CT molecular complexity index is 916. The van der Waals surface area contributed by atoms with Crippen LogP contribution in [-0.4, -0.2) is 83.4 Å². The minimum Gasteiger partial charge on any atom is -0.357 e. The lowest BCUT2D eigenvalue weighted by Gasteiger charge is -2.39. The van der Waals surface area contributed by atoms with Gasteiger partial charge >= 0.3 is 0 Å². The van der Waals surface area contributed by atoms with Crippen LogP contribution in [0, 0.1) is 0 Å². The van der Waals surface area contributed by atoms with E-state index in [0.29, 0.717) is 6.54 Å². The largest absolute Gasteiger partial charge is 0.357 e. The summed E-state index contributed by atoms with van der Waals surface area (Å²) in [4.78, 5) is 28.8. The fourth-order valence-electron chi connectivity index (χ4n) is 4.56. The molecule has 174 valence electrons. The predicted molar refractivity (Wildman–Crippen MR) is 140 cm³/mol. The van der Waals surface area contributed by atoms with E-state index in [-0.39, 0.29) is 35.9 Å². The van der Waals surface area contributed by atoms with Crippen molar-refractivity contribution in [3.8, 4) is 0 Å². The summed E-state index contributed by atoms with van der Waals surface area (Å²) < 4.78 is 0. The van der Waals surface area contributed by atoms with Gasteiger partial charge in [-0.05, 0) is 44.4 Å². The van der Waals surface area contributed by atoms with Crippen molar-refractivity contribution >= 4 is 46.7 Å². The number of hydrogen-bond acceptors (Lipinski definition) is 4. The van der Waals surface area contributed by atoms with E-state index >= 15 is 0 Å². The monoisotopic (exact) mass is 550 g/mol. The fourth-order valence-corrected chi connectivity index (χ4v) is 4.56. The van der Waals surface area contributed by atoms with Crippen LogP contribution in [0.25, 0.3) is 10.9 Å². The molecular formula is C24H35IN6O. The van der Waals surface area contributed by atoms with E-state index in [0.717, 1.165) is 75.5 Å². The lowest BCUT2D eigenvalue weighted by Crippen LogP contribution is -2.57. The molecule has 2 aliphatic rings. The number of para-hydroxylation sites is 1. The molecule has 7 nitrogen and oxygen atoms in total. The molecule has 2 aromatic rings. The zero-order valence-electron chi connectivity index (χ0n) is 19.2. The third kappa shape index (κ3) is 5.70. The van der Waals surface area contributed by atoms with Crippen LogP contribution in [0.1, 0.15) is 32.3 Å². The van der Waals surface area contributed by atoms with E-state index in [4.69, 9.17) is 4.99 Å². The summed E-state index contributed by atoms with van der Waals surface area (Å²) >= 11 is 0. The number of piperazine rings is 1. The molecule has 0 aliphatic carbocycles. The molecule has 0 bridgehead atoms. The highest BCUT2D eigenvalue weighted by molar-refractivity contribution is 14.0. The zero-order valence-corrected chi connectivity index (χ0v) is 21.5. The molecule has 32 heavy (non-hydrogen) atoms. The first-order chi connectivity index (χ1) is 15.2. The summed E-state index contributed by atoms with van der Waals surface area (Å²) in [6.45, 7) is 11.0. The molecule has 1 amide bonds. The first-order valence-electron chi connectivity index (χ1n) is 11.6. The summed E-state index contributed by atoms with van der Waals surface area (Å²) in [7, 11) is 0. The van der Waals surface area contributed by atoms with Gasteiger partial charge in [-0.1, -0.05) is 18.2 Å². The molecule has 0 radical (unpaired) electrons. The number of guanidine groups is 1. The Morgan fingerprint density at radius 2 is 1.78 bits per heavy atom. The lowest BCUT2D eigenvalue weighted by atomic mass is 10.1. The number of aromatic nitrogens is 1. The molecule has 2 aliphatic heterocycles. The van der Waals surface area contributed by atoms with Gasteiger partial charge in [0, 0.05) is 57.4 Å². The number of hydrogen-bond donors (Lipinski definition) is 1. The number of fused-ring (bicyclic) bond motifs is 1. The van der Waals surface area contributed by atoms with E-state index in [9.17, 15) is 4.79 Å². The Kier molecular flexibility index (Phi) is 9.10. The minimum absolute atomic E-state index is 0. The van der Waals surface area contributed by atoms with Crippen LogP contribution < -0.4 is 5.32 Å². The maximum Gasteiger partial charge on any atom is 0.239 e. The SMILES string of the molecule is CCNC(=NCc1ccnc2ccccc12)N1CCN(C(C)C(=O)N2CCCC2)CC1.I. The minimum atomic E-state index is -0.0389. The van der Waals surface area contributed by atoms with Crippen molar-refractivity contribution in [1.29, 1.82) is 0 Å². The maximum atomic E-state index is 12.8. The highest BCUT2D eigenvalue weighted by atomic mass is 127. The number of aliphatic imine (C=N–C) groups is 1. The number of carbonyl (C=O) groups is 1. The van der Waals surface area contributed by atoms with Gasteiger partial charge in [0.2, 0.25) is 5.91 Å². The molecular weight excluding hydrogens is 515 g/mol. The van der Waals surface area contributed by atoms with Gasteiger partial charge < -0.3 is 15.1 Å². The standard InChI is InChI=1S/C24H34N6O.HI/c1-3-25-24(27-18-20-10-11-26-22-9-5-4-8-21(20)22)30-16-14-28(15-17-30)19(2)23(31)29-12-6-7-13-29;/h4-5,8-11,19H,3,6-7,12-18H2,1-2H3,(H,25,27);1H. The second kappa shape index (κ2) is 11.8. The highest BCUT2D eigenvalue weighted by Crippen LogP contribution is 2.18. The van der Waals surface area contributed by atoms with Crippen molar-refractivity contribution in [3.63, 3.8) is 0 Å². The lowest BCUT2D eigenvalue weighted by molar-refractivity contribution is -0.135. The predicted octanol–water partition coefficient (Wildman–Crippen LogP) is 2.95. The molecule has 4 rings (SSSR count). The highest BCUT2D eigenvalue weighted by Gasteiger charge is 2.30. The fraction of sp³-hybridized carbons (Fsp3) is 0.542. The molecule has 1 N–H and O–H groups in total. The van der Waals surface area contributed by atoms with Crippen molar-refractivity contribution < 1.29 is 4.79 Å². The molecule has 8 heteroatoms. The van der Waals surface area contributed by atoms with Crippen molar-refractivity contribution in [2.45, 2.75) is 39.3 Å². The molecule has 1 aromatic heterocycles. The molecule has 1 aromatic carbocycles. The second-order valence-electron chi connectivity index (χ2n) is 8.39. The number of likely N-dealkylation sites (tertiary alicyclic amines) is 1. The van der Waals surface area contributed by atoms with Gasteiger partial charge in [-0.15, -0.1) is 24.0 Å². The van der Waals surface area contributed by atoms with Crippen molar-refractivity contribution in [3.05, 3.63) is 42.1 Å². The number of halogens is 1. The Morgan fingerprint density at radius 3 is 2.50 bits per heavy atom. The third-order valence-electron chi connectivity index (χ3n) is 6.41. The van der Waals surface area contributed by atoms with Crippen molar-refractivity contribution in [1.82, 2.24) is 25.0 Å². The first-order valence-corrected chi connectivity index (χ1v) is 11.6. The van der Waals surface area contributed by atoms with Gasteiger partial charge in [0.25, 0.3) is 0 Å². The number of amides is 1. The Hall–Kier alpha value is -1.94. The van der Waals surface area contributed by atoms with Gasteiger partial charge in [0.15, 0.2) is 5.96 Å². The third-order valence-corrected chi connectivity index (χ3v) is 6.41. The number of benzene rings is 1. The number of rotatable bonds is 5. The maximum absolute atomic E-state index is 12.8. The summed E-state index contributed by atoms with van der Waals surface area (Å²) in [5.74, 6) is 1.23. The molecule has 2 saturated heterocycles. The summed E-state index contributed by atoms with van der Waals surface area (Å²) in [5, 5.41) is 4.61. The van der Waals surface area contributed by atoms with Gasteiger partial charge in [0.1, 0.15) is 0 Å². The topological polar surface area (TPSA) is 64.1 Å². The van der Waals surface area contributed by atoms with E-state index < -0.39 is 0 Å². The first kappa shape index (κ1) is 24.7. The average molecular weight is 550 g/mol. The number of nitrogens with one attached hydrogen (secondary N) is 1. The van der Waals surface area contributed by atoms with Gasteiger partial charge in [-0.25, -0.2) is 4.99 Å². The van der Waals surface area contributed by atoms with Gasteiger partial charge in [-0.2, -0.15) is 0 Å². The number of pyridine rings is 1. The normalized spacial score (nSPS) is 18.5. The van der Waals surface area contributed by atoms with E-state index in [1.165, 1.54) is 5.56 Å². The van der Waals surface area contributed by atoms with Crippen LogP contribution in [0.4, 0.5) is 0 Å². The van der Waals surface area contributed by atoms with Crippen LogP contribution in [-0.2, 0) is 11.3 Å². The summed E-state index contributed by atoms with van der Waals surface area (Å²) in [6, 6.07) is 10.2. The second-order valence-corrected chi connectivity index (χ2v) is 8.39. The van der Waals surface area contributed by atoms with E-state index in [2.05, 4.69) is 46.1 Å². The Balaban J connectivity index is 0.00000289. The Labute approximate surface area is 208 Å². The summed E-state index contributed by atoms with van der Waals surface area (Å²) in [5.41, 5.74) is 2.19. The molecule has 1 atom stereocenters. The van der Waals surface area contributed by atoms with Crippen molar-refractivity contribution in [2.75, 3.05) is 45.8 Å². The smallest absolute Gasteiger partial charge is 0.239 e. The molecule has 0 spiro atoms. The quantitative estimate of drug-likeness (QED) is 0.353. The van der Waals surface area contributed by atoms with E-state index in [1.54, 1.807) is 0 Å². The van der Waals surface area contributed by atoms with Crippen LogP contribution in [0.3, 0.4) is 0 Å².